The summed E-state index contributed by atoms with van der Waals surface area (Å²) < 4.78 is 74.2. The van der Waals surface area contributed by atoms with Crippen LogP contribution in [0.3, 0.4) is 0 Å². The van der Waals surface area contributed by atoms with Crippen molar-refractivity contribution in [3.8, 4) is 17.6 Å². The van der Waals surface area contributed by atoms with Crippen LogP contribution in [0.5, 0.6) is 5.75 Å². The van der Waals surface area contributed by atoms with Gasteiger partial charge in [0.05, 0.1) is 36.5 Å². The van der Waals surface area contributed by atoms with Crippen LogP contribution in [-0.2, 0) is 4.57 Å². The van der Waals surface area contributed by atoms with E-state index in [1.807, 2.05) is 11.9 Å². The highest BCUT2D eigenvalue weighted by Gasteiger charge is 2.33. The van der Waals surface area contributed by atoms with E-state index >= 15 is 0 Å². The number of piperidine rings is 1. The first kappa shape index (κ1) is 29.1. The molecule has 7 nitrogen and oxygen atoms in total. The van der Waals surface area contributed by atoms with Crippen molar-refractivity contribution in [1.82, 2.24) is 14.3 Å². The molecule has 0 amide bonds. The number of anilines is 2. The minimum absolute atomic E-state index is 0.0980. The van der Waals surface area contributed by atoms with Gasteiger partial charge < -0.3 is 29.2 Å². The van der Waals surface area contributed by atoms with Gasteiger partial charge in [-0.1, -0.05) is 11.8 Å². The largest absolute Gasteiger partial charge is 0.495 e. The van der Waals surface area contributed by atoms with E-state index in [-0.39, 0.29) is 35.4 Å². The molecule has 1 aliphatic rings. The van der Waals surface area contributed by atoms with Crippen LogP contribution in [0.25, 0.3) is 5.52 Å². The number of halogens is 4. The predicted molar refractivity (Wildman–Crippen MR) is 149 cm³/mol. The van der Waals surface area contributed by atoms with Crippen molar-refractivity contribution >= 4 is 41.2 Å². The van der Waals surface area contributed by atoms with Gasteiger partial charge in [0.15, 0.2) is 5.82 Å². The Balaban J connectivity index is 1.60. The minimum atomic E-state index is -4.54. The molecule has 2 aromatic heterocycles. The Morgan fingerprint density at radius 2 is 2.05 bits per heavy atom. The van der Waals surface area contributed by atoms with E-state index < -0.39 is 24.9 Å². The summed E-state index contributed by atoms with van der Waals surface area (Å²) in [7, 11) is 0.863. The second-order valence-corrected chi connectivity index (χ2v) is 13.9. The van der Waals surface area contributed by atoms with E-state index in [1.54, 1.807) is 31.5 Å². The monoisotopic (exact) mass is 583 g/mol. The van der Waals surface area contributed by atoms with E-state index in [0.29, 0.717) is 41.0 Å². The third-order valence-corrected chi connectivity index (χ3v) is 8.69. The van der Waals surface area contributed by atoms with Crippen molar-refractivity contribution in [2.75, 3.05) is 57.8 Å². The average Bonchev–Trinajstić information content (AvgIpc) is 3.19. The standard InChI is InChI=1S/C26H30F4N5O2PS/c1-34-12-9-20(19(27)16-34)33-24-22-14-17(25(39-26(28,29)30)35(22)13-11-32-24)6-5-10-31-21-8-7-18(38(3,4)36)15-23(21)37-2/h7-8,11,13-15,19-20,31H,9-10,12,16H2,1-4H3,(H,32,33)/t19-,20+/m0/s1. The van der Waals surface area contributed by atoms with Crippen LogP contribution in [0.1, 0.15) is 12.0 Å². The van der Waals surface area contributed by atoms with Crippen molar-refractivity contribution in [3.63, 3.8) is 0 Å². The zero-order chi connectivity index (χ0) is 28.4. The number of likely N-dealkylation sites (tertiary alicyclic amines) is 1. The summed E-state index contributed by atoms with van der Waals surface area (Å²) in [5, 5.41) is 6.76. The summed E-state index contributed by atoms with van der Waals surface area (Å²) in [6, 6.07) is 6.21. The SMILES string of the molecule is COc1cc(P(C)(C)=O)ccc1NCC#Cc1cc2c(N[C@@H]3CCN(C)C[C@@H]3F)nccn2c1SC(F)(F)F. The number of methoxy groups -OCH3 is 1. The summed E-state index contributed by atoms with van der Waals surface area (Å²) in [5.74, 6) is 6.51. The highest BCUT2D eigenvalue weighted by atomic mass is 32.2. The van der Waals surface area contributed by atoms with Gasteiger partial charge in [-0.2, -0.15) is 13.2 Å². The maximum Gasteiger partial charge on any atom is 0.447 e. The number of aromatic nitrogens is 2. The van der Waals surface area contributed by atoms with Crippen LogP contribution < -0.4 is 20.7 Å². The number of benzene rings is 1. The number of hydrogen-bond donors (Lipinski definition) is 2. The maximum atomic E-state index is 14.6. The van der Waals surface area contributed by atoms with Gasteiger partial charge >= 0.3 is 5.51 Å². The Bertz CT molecular complexity index is 1450. The molecule has 2 N–H and O–H groups in total. The topological polar surface area (TPSA) is 70.9 Å². The molecule has 0 spiro atoms. The first-order valence-corrected chi connectivity index (χ1v) is 15.6. The molecule has 2 atom stereocenters. The normalized spacial score (nSPS) is 18.5. The molecule has 0 unspecified atom stereocenters. The molecule has 0 saturated carbocycles. The van der Waals surface area contributed by atoms with Crippen LogP contribution in [0.2, 0.25) is 0 Å². The van der Waals surface area contributed by atoms with Gasteiger partial charge in [-0.15, -0.1) is 0 Å². The maximum absolute atomic E-state index is 14.6. The lowest BCUT2D eigenvalue weighted by Crippen LogP contribution is -2.46. The fraction of sp³-hybridized carbons (Fsp3) is 0.423. The lowest BCUT2D eigenvalue weighted by Gasteiger charge is -2.33. The van der Waals surface area contributed by atoms with Crippen molar-refractivity contribution in [3.05, 3.63) is 42.2 Å². The number of ether oxygens (including phenoxy) is 1. The van der Waals surface area contributed by atoms with Crippen LogP contribution >= 0.6 is 18.9 Å². The van der Waals surface area contributed by atoms with Gasteiger partial charge in [0.1, 0.15) is 24.1 Å². The van der Waals surface area contributed by atoms with E-state index in [1.165, 1.54) is 30.0 Å². The summed E-state index contributed by atoms with van der Waals surface area (Å²) in [6.45, 7) is 4.42. The van der Waals surface area contributed by atoms with Gasteiger partial charge in [-0.3, -0.25) is 0 Å². The second kappa shape index (κ2) is 11.7. The van der Waals surface area contributed by atoms with Gasteiger partial charge in [0.2, 0.25) is 0 Å². The van der Waals surface area contributed by atoms with Crippen molar-refractivity contribution in [2.24, 2.45) is 0 Å². The Labute approximate surface area is 229 Å². The Morgan fingerprint density at radius 1 is 1.28 bits per heavy atom. The van der Waals surface area contributed by atoms with Crippen molar-refractivity contribution < 1.29 is 26.9 Å². The molecular formula is C26H30F4N5O2PS. The Kier molecular flexibility index (Phi) is 8.74. The lowest BCUT2D eigenvalue weighted by atomic mass is 10.0. The number of rotatable bonds is 7. The highest BCUT2D eigenvalue weighted by Crippen LogP contribution is 2.41. The molecular weight excluding hydrogens is 553 g/mol. The zero-order valence-electron chi connectivity index (χ0n) is 22.0. The van der Waals surface area contributed by atoms with E-state index in [2.05, 4.69) is 27.5 Å². The fourth-order valence-electron chi connectivity index (χ4n) is 4.33. The highest BCUT2D eigenvalue weighted by molar-refractivity contribution is 8.00. The van der Waals surface area contributed by atoms with Gasteiger partial charge in [0.25, 0.3) is 0 Å². The predicted octanol–water partition coefficient (Wildman–Crippen LogP) is 5.12. The van der Waals surface area contributed by atoms with Crippen LogP contribution in [0, 0.1) is 11.8 Å². The summed E-state index contributed by atoms with van der Waals surface area (Å²) in [5.41, 5.74) is -3.36. The molecule has 13 heteroatoms. The molecule has 1 aromatic carbocycles. The smallest absolute Gasteiger partial charge is 0.447 e. The first-order chi connectivity index (χ1) is 18.4. The fourth-order valence-corrected chi connectivity index (χ4v) is 5.89. The van der Waals surface area contributed by atoms with E-state index in [0.717, 1.165) is 0 Å². The minimum Gasteiger partial charge on any atom is -0.495 e. The van der Waals surface area contributed by atoms with Crippen molar-refractivity contribution in [2.45, 2.75) is 29.2 Å². The zero-order valence-corrected chi connectivity index (χ0v) is 23.7. The van der Waals surface area contributed by atoms with E-state index in [4.69, 9.17) is 4.74 Å². The quantitative estimate of drug-likeness (QED) is 0.173. The molecule has 1 fully saturated rings. The first-order valence-electron chi connectivity index (χ1n) is 12.2. The molecule has 1 aliphatic heterocycles. The summed E-state index contributed by atoms with van der Waals surface area (Å²) in [6.07, 6.45) is 2.23. The van der Waals surface area contributed by atoms with Crippen LogP contribution in [-0.4, -0.2) is 79.1 Å². The molecule has 1 saturated heterocycles. The van der Waals surface area contributed by atoms with Crippen LogP contribution in [0.4, 0.5) is 29.1 Å². The van der Waals surface area contributed by atoms with Gasteiger partial charge in [0, 0.05) is 42.5 Å². The third kappa shape index (κ3) is 7.21. The second-order valence-electron chi connectivity index (χ2n) is 9.65. The number of nitrogens with one attached hydrogen (secondary N) is 2. The number of hydrogen-bond acceptors (Lipinski definition) is 7. The average molecular weight is 584 g/mol. The molecule has 39 heavy (non-hydrogen) atoms. The molecule has 0 aliphatic carbocycles. The van der Waals surface area contributed by atoms with Crippen LogP contribution in [0.15, 0.2) is 41.7 Å². The number of alkyl halides is 4. The molecule has 3 aromatic rings. The molecule has 4 rings (SSSR count). The third-order valence-electron chi connectivity index (χ3n) is 6.33. The molecule has 210 valence electrons. The molecule has 3 heterocycles. The summed E-state index contributed by atoms with van der Waals surface area (Å²) in [4.78, 5) is 6.18. The van der Waals surface area contributed by atoms with Gasteiger partial charge in [-0.05, 0) is 51.1 Å². The van der Waals surface area contributed by atoms with Gasteiger partial charge in [-0.25, -0.2) is 9.37 Å². The molecule has 0 radical (unpaired) electrons. The number of nitrogens with zero attached hydrogens (tertiary/aromatic N) is 3. The summed E-state index contributed by atoms with van der Waals surface area (Å²) >= 11 is -0.259. The lowest BCUT2D eigenvalue weighted by molar-refractivity contribution is -0.0329. The number of fused-ring (bicyclic) bond motifs is 1. The molecule has 0 bridgehead atoms. The van der Waals surface area contributed by atoms with Crippen molar-refractivity contribution in [1.29, 1.82) is 0 Å². The number of thioether (sulfide) groups is 1. The van der Waals surface area contributed by atoms with E-state index in [9.17, 15) is 22.1 Å². The Morgan fingerprint density at radius 3 is 2.72 bits per heavy atom. The Hall–Kier alpha value is -2.87.